The van der Waals surface area contributed by atoms with Crippen molar-refractivity contribution < 1.29 is 49.6 Å². The minimum absolute atomic E-state index is 0. The molecule has 0 bridgehead atoms. The van der Waals surface area contributed by atoms with Gasteiger partial charge in [-0.3, -0.25) is 8.37 Å². The molecule has 0 spiro atoms. The van der Waals surface area contributed by atoms with E-state index in [1.807, 2.05) is 67.5 Å². The highest BCUT2D eigenvalue weighted by atomic mass is 32.2. The number of hydrogen-bond acceptors (Lipinski definition) is 11. The van der Waals surface area contributed by atoms with Crippen molar-refractivity contribution in [2.75, 3.05) is 13.2 Å². The zero-order valence-electron chi connectivity index (χ0n) is 31.0. The molecule has 0 unspecified atom stereocenters. The van der Waals surface area contributed by atoms with Crippen molar-refractivity contribution in [3.8, 4) is 0 Å². The fourth-order valence-corrected chi connectivity index (χ4v) is 7.82. The van der Waals surface area contributed by atoms with Crippen LogP contribution in [-0.2, 0) is 42.8 Å². The van der Waals surface area contributed by atoms with Gasteiger partial charge in [0.2, 0.25) is 0 Å². The highest BCUT2D eigenvalue weighted by Gasteiger charge is 2.59. The van der Waals surface area contributed by atoms with Crippen LogP contribution in [0, 0.1) is 25.7 Å². The predicted octanol–water partition coefficient (Wildman–Crippen LogP) is 6.91. The molecule has 10 atom stereocenters. The van der Waals surface area contributed by atoms with Gasteiger partial charge in [-0.2, -0.15) is 16.8 Å². The fraction of sp³-hybridized carbons (Fsp3) is 0.650. The van der Waals surface area contributed by atoms with Gasteiger partial charge in [0.25, 0.3) is 20.2 Å². The molecule has 0 aliphatic carbocycles. The third-order valence-corrected chi connectivity index (χ3v) is 12.8. The lowest BCUT2D eigenvalue weighted by Gasteiger charge is -2.14. The Morgan fingerprint density at radius 1 is 0.755 bits per heavy atom. The lowest BCUT2D eigenvalue weighted by atomic mass is 9.92. The Labute approximate surface area is 319 Å². The van der Waals surface area contributed by atoms with Crippen molar-refractivity contribution >= 4 is 20.2 Å². The van der Waals surface area contributed by atoms with Gasteiger partial charge in [0.1, 0.15) is 12.2 Å². The van der Waals surface area contributed by atoms with Crippen molar-refractivity contribution in [2.24, 2.45) is 11.8 Å². The second kappa shape index (κ2) is 19.1. The van der Waals surface area contributed by atoms with E-state index in [4.69, 9.17) is 22.6 Å². The molecule has 3 aliphatic rings. The van der Waals surface area contributed by atoms with E-state index in [0.717, 1.165) is 11.1 Å². The smallest absolute Gasteiger partial charge is 0.297 e. The maximum atomic E-state index is 12.2. The average molecular weight is 785 g/mol. The molecule has 11 nitrogen and oxygen atoms in total. The molecule has 53 heavy (non-hydrogen) atoms. The minimum atomic E-state index is -3.78. The van der Waals surface area contributed by atoms with Crippen molar-refractivity contribution in [3.05, 3.63) is 71.8 Å². The summed E-state index contributed by atoms with van der Waals surface area (Å²) < 4.78 is 76.2. The van der Waals surface area contributed by atoms with E-state index >= 15 is 0 Å². The van der Waals surface area contributed by atoms with Crippen LogP contribution < -0.4 is 0 Å². The Morgan fingerprint density at radius 3 is 1.64 bits per heavy atom. The first kappa shape index (κ1) is 47.0. The number of ether oxygens (including phenoxy) is 3. The SMILES string of the molecule is C.C.CC[C@H](O)[C@@H](C)/C=C/C[C@@]1(C)O[C@@H]1COS(=O)(=O)c1ccc(C)cc1.CC[C@H](O)[C@@H](C)[C@H]1O[C@@H]1C[C@@]1(C)O[C@@H]1COS(=O)(=O)c1ccc(C)cc1. The molecule has 0 aromatic heterocycles. The molecule has 3 saturated heterocycles. The number of benzene rings is 2. The van der Waals surface area contributed by atoms with Crippen LogP contribution in [0.3, 0.4) is 0 Å². The van der Waals surface area contributed by atoms with Gasteiger partial charge in [0.15, 0.2) is 0 Å². The number of epoxide rings is 3. The molecule has 3 aliphatic heterocycles. The maximum absolute atomic E-state index is 12.2. The summed E-state index contributed by atoms with van der Waals surface area (Å²) in [4.78, 5) is 0.307. The van der Waals surface area contributed by atoms with Crippen LogP contribution in [0.25, 0.3) is 0 Å². The second-order valence-electron chi connectivity index (χ2n) is 14.6. The Kier molecular flexibility index (Phi) is 16.9. The molecule has 2 aromatic carbocycles. The number of aryl methyl sites for hydroxylation is 2. The average Bonchev–Trinajstić information content (AvgIpc) is 4.05. The number of aliphatic hydroxyl groups is 2. The summed E-state index contributed by atoms with van der Waals surface area (Å²) in [6.07, 6.45) is 5.59. The van der Waals surface area contributed by atoms with Crippen molar-refractivity contribution in [2.45, 2.75) is 154 Å². The number of rotatable bonds is 18. The molecule has 0 radical (unpaired) electrons. The number of aliphatic hydroxyl groups excluding tert-OH is 2. The maximum Gasteiger partial charge on any atom is 0.297 e. The molecular formula is C40H64O11S2. The van der Waals surface area contributed by atoms with E-state index in [2.05, 4.69) is 0 Å². The molecule has 2 N–H and O–H groups in total. The topological polar surface area (TPSA) is 165 Å². The molecule has 3 fully saturated rings. The Hall–Kier alpha value is -2.20. The Bertz CT molecular complexity index is 1680. The van der Waals surface area contributed by atoms with Gasteiger partial charge in [-0.1, -0.05) is 90.1 Å². The molecule has 13 heteroatoms. The van der Waals surface area contributed by atoms with Crippen LogP contribution in [-0.4, -0.2) is 88.1 Å². The van der Waals surface area contributed by atoms with Crippen molar-refractivity contribution in [3.63, 3.8) is 0 Å². The van der Waals surface area contributed by atoms with Crippen LogP contribution in [0.4, 0.5) is 0 Å². The zero-order chi connectivity index (χ0) is 37.8. The van der Waals surface area contributed by atoms with Gasteiger partial charge in [-0.15, -0.1) is 0 Å². The van der Waals surface area contributed by atoms with Crippen molar-refractivity contribution in [1.82, 2.24) is 0 Å². The van der Waals surface area contributed by atoms with Gasteiger partial charge in [-0.05, 0) is 77.1 Å². The van der Waals surface area contributed by atoms with E-state index in [9.17, 15) is 27.0 Å². The monoisotopic (exact) mass is 784 g/mol. The summed E-state index contributed by atoms with van der Waals surface area (Å²) >= 11 is 0. The van der Waals surface area contributed by atoms with Crippen LogP contribution >= 0.6 is 0 Å². The first-order chi connectivity index (χ1) is 23.8. The lowest BCUT2D eigenvalue weighted by molar-refractivity contribution is 0.0953. The van der Waals surface area contributed by atoms with E-state index in [0.29, 0.717) is 25.7 Å². The van der Waals surface area contributed by atoms with E-state index in [-0.39, 0.29) is 86.3 Å². The van der Waals surface area contributed by atoms with Crippen LogP contribution in [0.5, 0.6) is 0 Å². The quantitative estimate of drug-likeness (QED) is 0.0918. The standard InChI is InChI=1S/C19H28O6S.C19H28O5S.2CH4/c1-5-15(20)13(3)18-16(24-18)10-19(4)17(25-19)11-23-26(21,22)14-8-6-12(2)7-9-14;1-5-17(20)15(3)7-6-12-19(4)18(24-19)13-23-25(21,22)16-10-8-14(2)9-11-16;;/h6-9,13,15-18,20H,5,10-11H2,1-4H3;6-11,15,17-18,20H,5,12-13H2,1-4H3;2*1H4/b;7-6+;;/t13-,15+,16-,17-,18-,19-;15-,17-,18+,19+;;/m10../s1. The Balaban J connectivity index is 0.000000354. The number of hydrogen-bond donors (Lipinski definition) is 2. The first-order valence-electron chi connectivity index (χ1n) is 17.8. The normalized spacial score (nSPS) is 28.3. The fourth-order valence-electron chi connectivity index (χ4n) is 6.00. The van der Waals surface area contributed by atoms with Crippen LogP contribution in [0.15, 0.2) is 70.5 Å². The Morgan fingerprint density at radius 2 is 1.19 bits per heavy atom. The largest absolute Gasteiger partial charge is 0.393 e. The third-order valence-electron chi connectivity index (χ3n) is 10.2. The molecule has 2 aromatic rings. The van der Waals surface area contributed by atoms with Crippen molar-refractivity contribution in [1.29, 1.82) is 0 Å². The summed E-state index contributed by atoms with van der Waals surface area (Å²) in [7, 11) is -7.54. The molecule has 3 heterocycles. The van der Waals surface area contributed by atoms with E-state index in [1.165, 1.54) is 0 Å². The molecule has 5 rings (SSSR count). The van der Waals surface area contributed by atoms with E-state index in [1.54, 1.807) is 48.5 Å². The van der Waals surface area contributed by atoms with Gasteiger partial charge in [0, 0.05) is 12.3 Å². The van der Waals surface area contributed by atoms with Crippen LogP contribution in [0.2, 0.25) is 0 Å². The van der Waals surface area contributed by atoms with Crippen LogP contribution in [0.1, 0.15) is 93.2 Å². The lowest BCUT2D eigenvalue weighted by Crippen LogP contribution is -2.25. The highest BCUT2D eigenvalue weighted by molar-refractivity contribution is 7.87. The summed E-state index contributed by atoms with van der Waals surface area (Å²) in [6, 6.07) is 13.1. The predicted molar refractivity (Wildman–Crippen MR) is 207 cm³/mol. The molecule has 0 saturated carbocycles. The van der Waals surface area contributed by atoms with Gasteiger partial charge < -0.3 is 24.4 Å². The first-order valence-corrected chi connectivity index (χ1v) is 20.6. The molecule has 302 valence electrons. The van der Waals surface area contributed by atoms with Gasteiger partial charge >= 0.3 is 0 Å². The van der Waals surface area contributed by atoms with E-state index < -0.39 is 31.4 Å². The molecule has 0 amide bonds. The summed E-state index contributed by atoms with van der Waals surface area (Å²) in [5.41, 5.74) is 1.14. The highest BCUT2D eigenvalue weighted by Crippen LogP contribution is 2.47. The minimum Gasteiger partial charge on any atom is -0.393 e. The molecular weight excluding hydrogens is 721 g/mol. The zero-order valence-corrected chi connectivity index (χ0v) is 32.7. The summed E-state index contributed by atoms with van der Waals surface area (Å²) in [5, 5.41) is 19.7. The third kappa shape index (κ3) is 12.9. The summed E-state index contributed by atoms with van der Waals surface area (Å²) in [5.74, 6) is 0.174. The summed E-state index contributed by atoms with van der Waals surface area (Å²) in [6.45, 7) is 15.5. The second-order valence-corrected chi connectivity index (χ2v) is 17.8. The van der Waals surface area contributed by atoms with Gasteiger partial charge in [-0.25, -0.2) is 0 Å². The van der Waals surface area contributed by atoms with Gasteiger partial charge in [0.05, 0.1) is 58.6 Å².